The molecule has 0 saturated heterocycles. The molecule has 0 fully saturated rings. The topological polar surface area (TPSA) is 61.0 Å². The van der Waals surface area contributed by atoms with Gasteiger partial charge in [-0.15, -0.1) is 0 Å². The second kappa shape index (κ2) is 6.01. The van der Waals surface area contributed by atoms with Crippen LogP contribution < -0.4 is 5.32 Å². The number of aromatic nitrogens is 2. The fraction of sp³-hybridized carbons (Fsp3) is 0.300. The van der Waals surface area contributed by atoms with Gasteiger partial charge < -0.3 is 10.2 Å². The van der Waals surface area contributed by atoms with Crippen molar-refractivity contribution in [2.24, 2.45) is 0 Å². The summed E-state index contributed by atoms with van der Waals surface area (Å²) in [4.78, 5) is 14.9. The molecule has 0 atom stereocenters. The van der Waals surface area contributed by atoms with E-state index >= 15 is 0 Å². The van der Waals surface area contributed by atoms with Gasteiger partial charge in [0.1, 0.15) is 0 Å². The molecule has 3 aromatic rings. The highest BCUT2D eigenvalue weighted by Crippen LogP contribution is 2.33. The Balaban J connectivity index is 1.54. The van der Waals surface area contributed by atoms with Crippen LogP contribution in [-0.4, -0.2) is 47.2 Å². The van der Waals surface area contributed by atoms with Crippen molar-refractivity contribution in [3.63, 3.8) is 0 Å². The number of hydrogen-bond donors (Lipinski definition) is 2. The van der Waals surface area contributed by atoms with Gasteiger partial charge in [-0.25, -0.2) is 0 Å². The minimum atomic E-state index is -0.130. The molecule has 1 aliphatic rings. The summed E-state index contributed by atoms with van der Waals surface area (Å²) in [7, 11) is 4.17. The van der Waals surface area contributed by atoms with Crippen LogP contribution in [0.5, 0.6) is 0 Å². The number of rotatable bonds is 4. The predicted octanol–water partition coefficient (Wildman–Crippen LogP) is 2.39. The minimum absolute atomic E-state index is 0.0918. The molecule has 2 N–H and O–H groups in total. The van der Waals surface area contributed by atoms with Crippen LogP contribution in [0, 0.1) is 0 Å². The summed E-state index contributed by atoms with van der Waals surface area (Å²) < 4.78 is 0. The van der Waals surface area contributed by atoms with Crippen LogP contribution in [0.3, 0.4) is 0 Å². The molecule has 1 heterocycles. The predicted molar refractivity (Wildman–Crippen MR) is 98.7 cm³/mol. The van der Waals surface area contributed by atoms with Gasteiger partial charge in [0.15, 0.2) is 5.69 Å². The molecule has 2 aromatic carbocycles. The van der Waals surface area contributed by atoms with Gasteiger partial charge in [0.2, 0.25) is 0 Å². The van der Waals surface area contributed by atoms with E-state index in [9.17, 15) is 4.79 Å². The summed E-state index contributed by atoms with van der Waals surface area (Å²) in [6, 6.07) is 16.2. The van der Waals surface area contributed by atoms with Gasteiger partial charge in [0, 0.05) is 17.5 Å². The van der Waals surface area contributed by atoms with Crippen molar-refractivity contribution in [3.05, 3.63) is 65.4 Å². The number of amides is 1. The summed E-state index contributed by atoms with van der Waals surface area (Å²) in [5, 5.41) is 11.1. The van der Waals surface area contributed by atoms with Crippen molar-refractivity contribution < 1.29 is 4.79 Å². The van der Waals surface area contributed by atoms with E-state index in [1.54, 1.807) is 0 Å². The van der Waals surface area contributed by atoms with E-state index in [1.807, 2.05) is 24.3 Å². The first kappa shape index (κ1) is 15.8. The SMILES string of the molecule is CN(C)C1(CNC(=O)c2n[nH]c3ccccc23)Cc2ccccc2C1. The van der Waals surface area contributed by atoms with E-state index < -0.39 is 0 Å². The van der Waals surface area contributed by atoms with Gasteiger partial charge in [-0.3, -0.25) is 9.89 Å². The maximum Gasteiger partial charge on any atom is 0.272 e. The zero-order valence-electron chi connectivity index (χ0n) is 14.5. The molecule has 4 rings (SSSR count). The highest BCUT2D eigenvalue weighted by atomic mass is 16.1. The molecule has 0 unspecified atom stereocenters. The third kappa shape index (κ3) is 2.70. The standard InChI is InChI=1S/C20H22N4O/c1-24(2)20(11-14-7-3-4-8-15(14)12-20)13-21-19(25)18-16-9-5-6-10-17(16)22-23-18/h3-10H,11-13H2,1-2H3,(H,21,25)(H,22,23). The van der Waals surface area contributed by atoms with Gasteiger partial charge in [-0.2, -0.15) is 5.10 Å². The Labute approximate surface area is 147 Å². The first-order valence-electron chi connectivity index (χ1n) is 8.55. The molecule has 1 aromatic heterocycles. The van der Waals surface area contributed by atoms with Gasteiger partial charge in [-0.1, -0.05) is 42.5 Å². The van der Waals surface area contributed by atoms with Crippen molar-refractivity contribution in [3.8, 4) is 0 Å². The summed E-state index contributed by atoms with van der Waals surface area (Å²) in [6.07, 6.45) is 1.88. The second-order valence-electron chi connectivity index (χ2n) is 7.04. The molecule has 25 heavy (non-hydrogen) atoms. The molecule has 1 aliphatic carbocycles. The summed E-state index contributed by atoms with van der Waals surface area (Å²) in [6.45, 7) is 0.592. The molecule has 0 spiro atoms. The lowest BCUT2D eigenvalue weighted by molar-refractivity contribution is 0.0899. The minimum Gasteiger partial charge on any atom is -0.349 e. The summed E-state index contributed by atoms with van der Waals surface area (Å²) in [5.74, 6) is -0.130. The molecule has 1 amide bonds. The first-order chi connectivity index (χ1) is 12.1. The third-order valence-corrected chi connectivity index (χ3v) is 5.37. The number of para-hydroxylation sites is 1. The zero-order chi connectivity index (χ0) is 17.4. The number of aromatic amines is 1. The van der Waals surface area contributed by atoms with Crippen LogP contribution in [-0.2, 0) is 12.8 Å². The fourth-order valence-corrected chi connectivity index (χ4v) is 3.74. The van der Waals surface area contributed by atoms with E-state index in [-0.39, 0.29) is 11.4 Å². The van der Waals surface area contributed by atoms with Gasteiger partial charge in [0.25, 0.3) is 5.91 Å². The third-order valence-electron chi connectivity index (χ3n) is 5.37. The van der Waals surface area contributed by atoms with E-state index in [0.717, 1.165) is 23.7 Å². The van der Waals surface area contributed by atoms with E-state index in [4.69, 9.17) is 0 Å². The van der Waals surface area contributed by atoms with E-state index in [1.165, 1.54) is 11.1 Å². The Morgan fingerprint density at radius 1 is 1.12 bits per heavy atom. The lowest BCUT2D eigenvalue weighted by Gasteiger charge is -2.36. The largest absolute Gasteiger partial charge is 0.349 e. The number of hydrogen-bond acceptors (Lipinski definition) is 3. The highest BCUT2D eigenvalue weighted by Gasteiger charge is 2.39. The summed E-state index contributed by atoms with van der Waals surface area (Å²) >= 11 is 0. The summed E-state index contributed by atoms with van der Waals surface area (Å²) in [5.41, 5.74) is 3.99. The van der Waals surface area contributed by atoms with Gasteiger partial charge in [0.05, 0.1) is 5.52 Å². The number of nitrogens with zero attached hydrogens (tertiary/aromatic N) is 2. The number of benzene rings is 2. The van der Waals surface area contributed by atoms with Crippen LogP contribution in [0.15, 0.2) is 48.5 Å². The van der Waals surface area contributed by atoms with Gasteiger partial charge in [-0.05, 0) is 44.1 Å². The normalized spacial score (nSPS) is 15.5. The molecule has 0 aliphatic heterocycles. The number of carbonyl (C=O) groups is 1. The van der Waals surface area contributed by atoms with Crippen LogP contribution in [0.25, 0.3) is 10.9 Å². The molecule has 5 heteroatoms. The Hall–Kier alpha value is -2.66. The monoisotopic (exact) mass is 334 g/mol. The lowest BCUT2D eigenvalue weighted by Crippen LogP contribution is -2.53. The van der Waals surface area contributed by atoms with Gasteiger partial charge >= 0.3 is 0 Å². The van der Waals surface area contributed by atoms with Crippen LogP contribution in [0.4, 0.5) is 0 Å². The number of nitrogens with one attached hydrogen (secondary N) is 2. The van der Waals surface area contributed by atoms with E-state index in [2.05, 4.69) is 58.8 Å². The van der Waals surface area contributed by atoms with Crippen LogP contribution in [0.1, 0.15) is 21.6 Å². The number of likely N-dealkylation sites (N-methyl/N-ethyl adjacent to an activating group) is 1. The highest BCUT2D eigenvalue weighted by molar-refractivity contribution is 6.04. The Bertz CT molecular complexity index is 903. The Morgan fingerprint density at radius 2 is 1.76 bits per heavy atom. The molecule has 0 saturated carbocycles. The molecule has 0 bridgehead atoms. The van der Waals surface area contributed by atoms with Crippen molar-refractivity contribution in [2.75, 3.05) is 20.6 Å². The number of fused-ring (bicyclic) bond motifs is 2. The first-order valence-corrected chi connectivity index (χ1v) is 8.55. The van der Waals surface area contributed by atoms with Crippen molar-refractivity contribution >= 4 is 16.8 Å². The average molecular weight is 334 g/mol. The van der Waals surface area contributed by atoms with Crippen molar-refractivity contribution in [1.29, 1.82) is 0 Å². The molecule has 128 valence electrons. The molecule has 0 radical (unpaired) electrons. The Morgan fingerprint density at radius 3 is 2.44 bits per heavy atom. The van der Waals surface area contributed by atoms with E-state index in [0.29, 0.717) is 12.2 Å². The quantitative estimate of drug-likeness (QED) is 0.770. The molecular formula is C20H22N4O. The smallest absolute Gasteiger partial charge is 0.272 e. The maximum absolute atomic E-state index is 12.7. The van der Waals surface area contributed by atoms with Crippen molar-refractivity contribution in [1.82, 2.24) is 20.4 Å². The second-order valence-corrected chi connectivity index (χ2v) is 7.04. The maximum atomic E-state index is 12.7. The van der Waals surface area contributed by atoms with Crippen LogP contribution >= 0.6 is 0 Å². The zero-order valence-corrected chi connectivity index (χ0v) is 14.5. The average Bonchev–Trinajstić information content (AvgIpc) is 3.21. The number of carbonyl (C=O) groups excluding carboxylic acids is 1. The lowest BCUT2D eigenvalue weighted by atomic mass is 9.94. The Kier molecular flexibility index (Phi) is 3.81. The molecular weight excluding hydrogens is 312 g/mol. The number of H-pyrrole nitrogens is 1. The fourth-order valence-electron chi connectivity index (χ4n) is 3.74. The van der Waals surface area contributed by atoms with Crippen LogP contribution in [0.2, 0.25) is 0 Å². The van der Waals surface area contributed by atoms with Crippen molar-refractivity contribution in [2.45, 2.75) is 18.4 Å². The molecule has 5 nitrogen and oxygen atoms in total.